The van der Waals surface area contributed by atoms with Crippen LogP contribution in [0.3, 0.4) is 0 Å². The number of hydrogen-bond acceptors (Lipinski definition) is 1. The maximum atomic E-state index is 12.8. The van der Waals surface area contributed by atoms with Crippen molar-refractivity contribution in [2.45, 2.75) is 57.9 Å². The number of hydrogen-bond donors (Lipinski definition) is 1. The fraction of sp³-hybridized carbons (Fsp3) is 0.833. The molecule has 1 nitrogen and oxygen atoms in total. The van der Waals surface area contributed by atoms with Crippen molar-refractivity contribution in [3.63, 3.8) is 0 Å². The minimum Gasteiger partial charge on any atom is -0.306 e. The number of halogens is 2. The van der Waals surface area contributed by atoms with Crippen molar-refractivity contribution in [1.29, 1.82) is 0 Å². The predicted molar refractivity (Wildman–Crippen MR) is 59.3 cm³/mol. The molecule has 1 rings (SSSR count). The Morgan fingerprint density at radius 3 is 2.80 bits per heavy atom. The molecule has 15 heavy (non-hydrogen) atoms. The van der Waals surface area contributed by atoms with E-state index in [1.54, 1.807) is 0 Å². The summed E-state index contributed by atoms with van der Waals surface area (Å²) in [7, 11) is 0. The van der Waals surface area contributed by atoms with E-state index < -0.39 is 12.5 Å². The van der Waals surface area contributed by atoms with Crippen LogP contribution in [0.25, 0.3) is 0 Å². The molecule has 1 unspecified atom stereocenters. The molecule has 0 spiro atoms. The average Bonchev–Trinajstić information content (AvgIpc) is 2.47. The second-order valence-electron chi connectivity index (χ2n) is 4.14. The van der Waals surface area contributed by atoms with Gasteiger partial charge in [0, 0.05) is 0 Å². The van der Waals surface area contributed by atoms with Crippen LogP contribution in [0.1, 0.15) is 45.4 Å². The smallest absolute Gasteiger partial charge is 0.257 e. The summed E-state index contributed by atoms with van der Waals surface area (Å²) in [5, 5.41) is 2.95. The Morgan fingerprint density at radius 1 is 1.33 bits per heavy atom. The summed E-state index contributed by atoms with van der Waals surface area (Å²) in [5.74, 6) is 0. The lowest BCUT2D eigenvalue weighted by Gasteiger charge is -2.20. The van der Waals surface area contributed by atoms with Gasteiger partial charge in [0.15, 0.2) is 0 Å². The monoisotopic (exact) mass is 217 g/mol. The molecular weight excluding hydrogens is 196 g/mol. The third-order valence-electron chi connectivity index (χ3n) is 2.84. The molecule has 0 fully saturated rings. The van der Waals surface area contributed by atoms with E-state index in [9.17, 15) is 8.78 Å². The van der Waals surface area contributed by atoms with Crippen LogP contribution < -0.4 is 5.32 Å². The van der Waals surface area contributed by atoms with Gasteiger partial charge < -0.3 is 5.32 Å². The average molecular weight is 217 g/mol. The zero-order chi connectivity index (χ0) is 11.1. The van der Waals surface area contributed by atoms with Gasteiger partial charge in [-0.1, -0.05) is 25.0 Å². The highest BCUT2D eigenvalue weighted by molar-refractivity contribution is 5.13. The zero-order valence-electron chi connectivity index (χ0n) is 9.44. The van der Waals surface area contributed by atoms with Gasteiger partial charge in [-0.05, 0) is 38.6 Å². The molecule has 0 saturated carbocycles. The molecule has 0 heterocycles. The van der Waals surface area contributed by atoms with E-state index in [0.717, 1.165) is 37.7 Å². The van der Waals surface area contributed by atoms with Crippen molar-refractivity contribution in [1.82, 2.24) is 5.32 Å². The van der Waals surface area contributed by atoms with Crippen LogP contribution in [-0.2, 0) is 0 Å². The minimum atomic E-state index is -2.28. The van der Waals surface area contributed by atoms with E-state index in [1.165, 1.54) is 6.42 Å². The molecule has 0 aliphatic heterocycles. The number of rotatable bonds is 5. The first-order chi connectivity index (χ1) is 7.25. The van der Waals surface area contributed by atoms with Gasteiger partial charge in [-0.25, -0.2) is 8.78 Å². The SMILES string of the molecule is CCCNC(C1=CCCCCC1)C(F)F. The Morgan fingerprint density at radius 2 is 2.13 bits per heavy atom. The van der Waals surface area contributed by atoms with E-state index in [-0.39, 0.29) is 0 Å². The van der Waals surface area contributed by atoms with Crippen molar-refractivity contribution in [3.8, 4) is 0 Å². The third-order valence-corrected chi connectivity index (χ3v) is 2.84. The topological polar surface area (TPSA) is 12.0 Å². The van der Waals surface area contributed by atoms with Crippen LogP contribution in [0, 0.1) is 0 Å². The van der Waals surface area contributed by atoms with Crippen LogP contribution >= 0.6 is 0 Å². The maximum Gasteiger partial charge on any atom is 0.257 e. The summed E-state index contributed by atoms with van der Waals surface area (Å²) in [5.41, 5.74) is 0.927. The lowest BCUT2D eigenvalue weighted by Crippen LogP contribution is -2.37. The molecule has 0 radical (unpaired) electrons. The van der Waals surface area contributed by atoms with E-state index >= 15 is 0 Å². The van der Waals surface area contributed by atoms with Gasteiger partial charge in [0.2, 0.25) is 0 Å². The van der Waals surface area contributed by atoms with Crippen LogP contribution in [0.5, 0.6) is 0 Å². The second-order valence-corrected chi connectivity index (χ2v) is 4.14. The van der Waals surface area contributed by atoms with Crippen molar-refractivity contribution in [3.05, 3.63) is 11.6 Å². The van der Waals surface area contributed by atoms with Crippen molar-refractivity contribution in [2.75, 3.05) is 6.54 Å². The Hall–Kier alpha value is -0.440. The van der Waals surface area contributed by atoms with Gasteiger partial charge in [0.25, 0.3) is 6.43 Å². The molecule has 0 aromatic carbocycles. The predicted octanol–water partition coefficient (Wildman–Crippen LogP) is 3.51. The van der Waals surface area contributed by atoms with Gasteiger partial charge in [-0.15, -0.1) is 0 Å². The molecule has 0 aromatic rings. The van der Waals surface area contributed by atoms with E-state index in [1.807, 2.05) is 13.0 Å². The summed E-state index contributed by atoms with van der Waals surface area (Å²) in [6, 6.07) is -0.706. The quantitative estimate of drug-likeness (QED) is 0.695. The first kappa shape index (κ1) is 12.6. The molecule has 3 heteroatoms. The van der Waals surface area contributed by atoms with Gasteiger partial charge in [0.05, 0.1) is 6.04 Å². The van der Waals surface area contributed by atoms with E-state index in [4.69, 9.17) is 0 Å². The largest absolute Gasteiger partial charge is 0.306 e. The zero-order valence-corrected chi connectivity index (χ0v) is 9.44. The van der Waals surface area contributed by atoms with Gasteiger partial charge in [0.1, 0.15) is 0 Å². The normalized spacial score (nSPS) is 19.9. The molecule has 1 atom stereocenters. The molecule has 1 N–H and O–H groups in total. The van der Waals surface area contributed by atoms with Crippen molar-refractivity contribution < 1.29 is 8.78 Å². The molecule has 1 aliphatic rings. The fourth-order valence-corrected chi connectivity index (χ4v) is 2.00. The Bertz CT molecular complexity index is 202. The first-order valence-electron chi connectivity index (χ1n) is 5.96. The summed E-state index contributed by atoms with van der Waals surface area (Å²) in [6.45, 7) is 2.67. The van der Waals surface area contributed by atoms with E-state index in [2.05, 4.69) is 5.32 Å². The standard InChI is InChI=1S/C12H21F2N/c1-2-9-15-11(12(13)14)10-7-5-3-4-6-8-10/h7,11-12,15H,2-6,8-9H2,1H3. The summed E-state index contributed by atoms with van der Waals surface area (Å²) in [4.78, 5) is 0. The molecule has 0 aromatic heterocycles. The van der Waals surface area contributed by atoms with Crippen molar-refractivity contribution >= 4 is 0 Å². The first-order valence-corrected chi connectivity index (χ1v) is 5.96. The third kappa shape index (κ3) is 4.29. The highest BCUT2D eigenvalue weighted by Crippen LogP contribution is 2.23. The molecule has 1 aliphatic carbocycles. The highest BCUT2D eigenvalue weighted by atomic mass is 19.3. The fourth-order valence-electron chi connectivity index (χ4n) is 2.00. The summed E-state index contributed by atoms with van der Waals surface area (Å²) in [6.07, 6.45) is 5.82. The van der Waals surface area contributed by atoms with E-state index in [0.29, 0.717) is 6.54 Å². The van der Waals surface area contributed by atoms with Gasteiger partial charge in [-0.2, -0.15) is 0 Å². The highest BCUT2D eigenvalue weighted by Gasteiger charge is 2.23. The number of nitrogens with one attached hydrogen (secondary N) is 1. The molecule has 88 valence electrons. The van der Waals surface area contributed by atoms with Crippen LogP contribution in [-0.4, -0.2) is 19.0 Å². The van der Waals surface area contributed by atoms with Gasteiger partial charge >= 0.3 is 0 Å². The Kier molecular flexibility index (Phi) is 5.84. The molecular formula is C12H21F2N. The lowest BCUT2D eigenvalue weighted by molar-refractivity contribution is 0.112. The molecule has 0 bridgehead atoms. The molecule has 0 saturated heterocycles. The Balaban J connectivity index is 2.56. The summed E-state index contributed by atoms with van der Waals surface area (Å²) < 4.78 is 25.7. The lowest BCUT2D eigenvalue weighted by atomic mass is 10.0. The number of alkyl halides is 2. The van der Waals surface area contributed by atoms with Crippen LogP contribution in [0.2, 0.25) is 0 Å². The van der Waals surface area contributed by atoms with Crippen LogP contribution in [0.4, 0.5) is 8.78 Å². The second kappa shape index (κ2) is 6.94. The van der Waals surface area contributed by atoms with Crippen LogP contribution in [0.15, 0.2) is 11.6 Å². The number of allylic oxidation sites excluding steroid dienone is 1. The van der Waals surface area contributed by atoms with Crippen molar-refractivity contribution in [2.24, 2.45) is 0 Å². The molecule has 0 amide bonds. The Labute approximate surface area is 90.9 Å². The van der Waals surface area contributed by atoms with Gasteiger partial charge in [-0.3, -0.25) is 0 Å². The minimum absolute atomic E-state index is 0.673. The summed E-state index contributed by atoms with van der Waals surface area (Å²) >= 11 is 0. The maximum absolute atomic E-state index is 12.8.